The standard InChI is InChI=1S/C37H54N2O6S/c1-8-10-11-12-16-33(42)44-34-23(3)15-13-19-37(7)31(45-37)21-27(25-17-18-29-28(20-25)38-24(4)46-29)39-32(41)22-30(40)36(5,6)35(43)26(34)14-9-2/h9,17-18,20,23,26-27,30-31,34,40H,2,8,10-16,19,21-22H2,1,3-7H3,(H,39,41)/t23-,26+,27-,30-,31-,34-,37+/m0/s1. The molecule has 4 rings (SSSR count). The van der Waals surface area contributed by atoms with Gasteiger partial charge in [0.05, 0.1) is 56.8 Å². The zero-order chi connectivity index (χ0) is 33.6. The first-order valence-corrected chi connectivity index (χ1v) is 18.0. The zero-order valence-electron chi connectivity index (χ0n) is 28.6. The lowest BCUT2D eigenvalue weighted by molar-refractivity contribution is -0.160. The molecule has 2 N–H and O–H groups in total. The van der Waals surface area contributed by atoms with Crippen LogP contribution in [0, 0.1) is 24.2 Å². The molecule has 0 unspecified atom stereocenters. The molecule has 2 fully saturated rings. The number of carbonyl (C=O) groups is 3. The summed E-state index contributed by atoms with van der Waals surface area (Å²) in [5.41, 5.74) is 0.239. The SMILES string of the molecule is C=CC[C@H]1C(=O)C(C)(C)[C@@H](O)CC(=O)N[C@H](c2ccc3sc(C)nc3c2)C[C@@H]2O[C@]2(C)CCC[C@H](C)[C@@H]1OC(=O)CCCCCC. The number of aryl methyl sites for hydroxylation is 1. The molecule has 7 atom stereocenters. The maximum absolute atomic E-state index is 14.3. The molecule has 1 aromatic heterocycles. The van der Waals surface area contributed by atoms with Gasteiger partial charge in [-0.05, 0) is 63.1 Å². The largest absolute Gasteiger partial charge is 0.461 e. The molecule has 1 amide bonds. The molecule has 8 nitrogen and oxygen atoms in total. The van der Waals surface area contributed by atoms with Gasteiger partial charge in [-0.1, -0.05) is 65.5 Å². The molecular formula is C37H54N2O6S. The van der Waals surface area contributed by atoms with Crippen molar-refractivity contribution < 1.29 is 29.0 Å². The highest BCUT2D eigenvalue weighted by Gasteiger charge is 2.53. The number of rotatable bonds is 9. The molecule has 2 aliphatic rings. The number of thiazole rings is 1. The summed E-state index contributed by atoms with van der Waals surface area (Å²) in [6, 6.07) is 5.76. The highest BCUT2D eigenvalue weighted by atomic mass is 32.1. The molecule has 2 aromatic rings. The number of carbonyl (C=O) groups excluding carboxylic acids is 3. The summed E-state index contributed by atoms with van der Waals surface area (Å²) >= 11 is 1.63. The fourth-order valence-electron chi connectivity index (χ4n) is 6.91. The molecule has 0 aliphatic carbocycles. The molecule has 0 bridgehead atoms. The summed E-state index contributed by atoms with van der Waals surface area (Å²) in [5, 5.41) is 15.6. The van der Waals surface area contributed by atoms with Crippen LogP contribution in [0.2, 0.25) is 0 Å². The number of esters is 1. The molecule has 0 spiro atoms. The van der Waals surface area contributed by atoms with E-state index in [2.05, 4.69) is 30.7 Å². The minimum absolute atomic E-state index is 0.0397. The number of aromatic nitrogens is 1. The summed E-state index contributed by atoms with van der Waals surface area (Å²) in [7, 11) is 0. The lowest BCUT2D eigenvalue weighted by Gasteiger charge is -2.37. The van der Waals surface area contributed by atoms with Crippen LogP contribution in [0.5, 0.6) is 0 Å². The van der Waals surface area contributed by atoms with Crippen molar-refractivity contribution in [2.45, 2.75) is 142 Å². The number of Topliss-reactive ketones (excluding diaryl/α,β-unsaturated/α-hetero) is 1. The van der Waals surface area contributed by atoms with Gasteiger partial charge in [0.2, 0.25) is 5.91 Å². The molecule has 0 radical (unpaired) electrons. The third-order valence-electron chi connectivity index (χ3n) is 10.1. The number of nitrogens with one attached hydrogen (secondary N) is 1. The second-order valence-corrected chi connectivity index (χ2v) is 15.5. The minimum atomic E-state index is -1.27. The van der Waals surface area contributed by atoms with E-state index >= 15 is 0 Å². The first kappa shape index (κ1) is 36.2. The van der Waals surface area contributed by atoms with Crippen LogP contribution < -0.4 is 5.32 Å². The molecular weight excluding hydrogens is 600 g/mol. The molecule has 9 heteroatoms. The van der Waals surface area contributed by atoms with E-state index in [-0.39, 0.29) is 47.7 Å². The second-order valence-electron chi connectivity index (χ2n) is 14.3. The Bertz CT molecular complexity index is 1390. The number of ketones is 1. The number of nitrogens with zero attached hydrogens (tertiary/aromatic N) is 1. The van der Waals surface area contributed by atoms with Gasteiger partial charge in [-0.25, -0.2) is 4.98 Å². The van der Waals surface area contributed by atoms with Gasteiger partial charge in [0.1, 0.15) is 11.9 Å². The maximum atomic E-state index is 14.3. The van der Waals surface area contributed by atoms with Crippen molar-refractivity contribution in [1.29, 1.82) is 0 Å². The lowest BCUT2D eigenvalue weighted by Crippen LogP contribution is -2.48. The Hall–Kier alpha value is -2.62. The summed E-state index contributed by atoms with van der Waals surface area (Å²) in [4.78, 5) is 45.5. The van der Waals surface area contributed by atoms with Crippen LogP contribution in [-0.2, 0) is 23.9 Å². The van der Waals surface area contributed by atoms with Gasteiger partial charge >= 0.3 is 5.97 Å². The Kier molecular flexibility index (Phi) is 12.2. The molecule has 46 heavy (non-hydrogen) atoms. The smallest absolute Gasteiger partial charge is 0.306 e. The van der Waals surface area contributed by atoms with Gasteiger partial charge in [-0.3, -0.25) is 14.4 Å². The van der Waals surface area contributed by atoms with Gasteiger partial charge in [-0.15, -0.1) is 17.9 Å². The number of hydrogen-bond donors (Lipinski definition) is 2. The number of aliphatic hydroxyl groups excluding tert-OH is 1. The topological polar surface area (TPSA) is 118 Å². The number of benzene rings is 1. The zero-order valence-corrected chi connectivity index (χ0v) is 29.4. The monoisotopic (exact) mass is 654 g/mol. The van der Waals surface area contributed by atoms with Crippen LogP contribution in [0.4, 0.5) is 0 Å². The summed E-state index contributed by atoms with van der Waals surface area (Å²) in [6.45, 7) is 15.5. The molecule has 254 valence electrons. The van der Waals surface area contributed by atoms with E-state index in [9.17, 15) is 19.5 Å². The number of aliphatic hydroxyl groups is 1. The molecule has 0 saturated carbocycles. The predicted octanol–water partition coefficient (Wildman–Crippen LogP) is 7.55. The third kappa shape index (κ3) is 8.84. The average molecular weight is 655 g/mol. The van der Waals surface area contributed by atoms with Crippen molar-refractivity contribution in [1.82, 2.24) is 10.3 Å². The van der Waals surface area contributed by atoms with Crippen LogP contribution >= 0.6 is 11.3 Å². The van der Waals surface area contributed by atoms with Gasteiger partial charge in [0.25, 0.3) is 0 Å². The summed E-state index contributed by atoms with van der Waals surface area (Å²) in [6.07, 6.45) is 6.96. The number of hydrogen-bond acceptors (Lipinski definition) is 8. The Morgan fingerprint density at radius 3 is 2.72 bits per heavy atom. The third-order valence-corrected chi connectivity index (χ3v) is 11.1. The van der Waals surface area contributed by atoms with E-state index in [1.165, 1.54) is 0 Å². The number of epoxide rings is 1. The fourth-order valence-corrected chi connectivity index (χ4v) is 7.72. The quantitative estimate of drug-likeness (QED) is 0.124. The first-order valence-electron chi connectivity index (χ1n) is 17.2. The van der Waals surface area contributed by atoms with E-state index in [4.69, 9.17) is 9.47 Å². The summed E-state index contributed by atoms with van der Waals surface area (Å²) in [5.74, 6) is -1.65. The fraction of sp³-hybridized carbons (Fsp3) is 0.676. The lowest BCUT2D eigenvalue weighted by atomic mass is 9.71. The Morgan fingerprint density at radius 1 is 1.24 bits per heavy atom. The second kappa shape index (κ2) is 15.5. The Labute approximate surface area is 278 Å². The normalized spacial score (nSPS) is 30.8. The van der Waals surface area contributed by atoms with E-state index in [1.54, 1.807) is 31.3 Å². The van der Waals surface area contributed by atoms with Gasteiger partial charge in [-0.2, -0.15) is 0 Å². The number of amides is 1. The van der Waals surface area contributed by atoms with Crippen LogP contribution in [0.3, 0.4) is 0 Å². The highest BCUT2D eigenvalue weighted by molar-refractivity contribution is 7.18. The van der Waals surface area contributed by atoms with Crippen molar-refractivity contribution in [3.8, 4) is 0 Å². The summed E-state index contributed by atoms with van der Waals surface area (Å²) < 4.78 is 13.5. The molecule has 1 aromatic carbocycles. The highest BCUT2D eigenvalue weighted by Crippen LogP contribution is 2.46. The van der Waals surface area contributed by atoms with Gasteiger partial charge < -0.3 is 19.9 Å². The van der Waals surface area contributed by atoms with Gasteiger partial charge in [0.15, 0.2) is 0 Å². The van der Waals surface area contributed by atoms with Crippen molar-refractivity contribution >= 4 is 39.2 Å². The van der Waals surface area contributed by atoms with E-state index < -0.39 is 23.5 Å². The number of allylic oxidation sites excluding steroid dienone is 1. The number of unbranched alkanes of at least 4 members (excludes halogenated alkanes) is 3. The maximum Gasteiger partial charge on any atom is 0.306 e. The number of fused-ring (bicyclic) bond motifs is 2. The van der Waals surface area contributed by atoms with E-state index in [1.807, 2.05) is 32.0 Å². The molecule has 2 aliphatic heterocycles. The van der Waals surface area contributed by atoms with Crippen molar-refractivity contribution in [3.05, 3.63) is 41.4 Å². The van der Waals surface area contributed by atoms with Crippen LogP contribution in [0.1, 0.15) is 122 Å². The average Bonchev–Trinajstić information content (AvgIpc) is 3.47. The van der Waals surface area contributed by atoms with Crippen LogP contribution in [-0.4, -0.2) is 51.7 Å². The van der Waals surface area contributed by atoms with Crippen LogP contribution in [0.25, 0.3) is 10.2 Å². The minimum Gasteiger partial charge on any atom is -0.461 e. The Morgan fingerprint density at radius 2 is 2.00 bits per heavy atom. The van der Waals surface area contributed by atoms with Crippen molar-refractivity contribution in [2.24, 2.45) is 17.3 Å². The van der Waals surface area contributed by atoms with Crippen molar-refractivity contribution in [3.63, 3.8) is 0 Å². The first-order chi connectivity index (χ1) is 21.8. The molecule has 2 saturated heterocycles. The van der Waals surface area contributed by atoms with E-state index in [0.717, 1.165) is 65.7 Å². The van der Waals surface area contributed by atoms with Crippen LogP contribution in [0.15, 0.2) is 30.9 Å². The van der Waals surface area contributed by atoms with Crippen molar-refractivity contribution in [2.75, 3.05) is 0 Å². The van der Waals surface area contributed by atoms with Gasteiger partial charge in [0, 0.05) is 12.8 Å². The molecule has 3 heterocycles. The van der Waals surface area contributed by atoms with E-state index in [0.29, 0.717) is 19.3 Å². The Balaban J connectivity index is 1.60. The predicted molar refractivity (Wildman–Crippen MR) is 183 cm³/mol. The number of ether oxygens (including phenoxy) is 2.